The molecular formula is C16H25N3O2. The van der Waals surface area contributed by atoms with Crippen molar-refractivity contribution in [2.24, 2.45) is 0 Å². The van der Waals surface area contributed by atoms with E-state index >= 15 is 0 Å². The fraction of sp³-hybridized carbons (Fsp3) is 0.562. The fourth-order valence-corrected chi connectivity index (χ4v) is 1.97. The molecule has 0 spiro atoms. The highest BCUT2D eigenvalue weighted by Gasteiger charge is 2.09. The Bertz CT molecular complexity index is 570. The third-order valence-corrected chi connectivity index (χ3v) is 3.23. The molecule has 0 aliphatic heterocycles. The van der Waals surface area contributed by atoms with Crippen LogP contribution in [-0.4, -0.2) is 15.8 Å². The van der Waals surface area contributed by atoms with Gasteiger partial charge in [-0.2, -0.15) is 5.10 Å². The van der Waals surface area contributed by atoms with E-state index in [1.165, 1.54) is 0 Å². The number of rotatable bonds is 7. The Labute approximate surface area is 126 Å². The van der Waals surface area contributed by atoms with Crippen LogP contribution < -0.4 is 10.1 Å². The van der Waals surface area contributed by atoms with E-state index in [9.17, 15) is 0 Å². The van der Waals surface area contributed by atoms with Gasteiger partial charge >= 0.3 is 0 Å². The van der Waals surface area contributed by atoms with Gasteiger partial charge in [0.2, 0.25) is 0 Å². The Balaban J connectivity index is 1.92. The van der Waals surface area contributed by atoms with Crippen molar-refractivity contribution in [2.75, 3.05) is 0 Å². The van der Waals surface area contributed by atoms with E-state index in [2.05, 4.69) is 45.0 Å². The third-order valence-electron chi connectivity index (χ3n) is 3.23. The van der Waals surface area contributed by atoms with Crippen LogP contribution in [0.25, 0.3) is 0 Å². The van der Waals surface area contributed by atoms with Gasteiger partial charge < -0.3 is 14.5 Å². The maximum absolute atomic E-state index is 5.83. The zero-order valence-corrected chi connectivity index (χ0v) is 13.5. The van der Waals surface area contributed by atoms with Crippen LogP contribution in [0.1, 0.15) is 50.8 Å². The van der Waals surface area contributed by atoms with E-state index in [1.54, 1.807) is 6.20 Å². The molecule has 1 N–H and O–H groups in total. The minimum absolute atomic E-state index is 0.335. The number of aryl methyl sites for hydroxylation is 1. The van der Waals surface area contributed by atoms with Crippen molar-refractivity contribution >= 4 is 0 Å². The molecular weight excluding hydrogens is 266 g/mol. The highest BCUT2D eigenvalue weighted by molar-refractivity contribution is 5.20. The fourth-order valence-electron chi connectivity index (χ4n) is 1.97. The first-order valence-corrected chi connectivity index (χ1v) is 7.44. The summed E-state index contributed by atoms with van der Waals surface area (Å²) in [4.78, 5) is 0. The normalized spacial score (nSPS) is 11.6. The highest BCUT2D eigenvalue weighted by atomic mass is 16.5. The molecule has 2 aromatic heterocycles. The molecule has 0 saturated carbocycles. The summed E-state index contributed by atoms with van der Waals surface area (Å²) in [5, 5.41) is 7.61. The summed E-state index contributed by atoms with van der Waals surface area (Å²) in [5.41, 5.74) is 1.15. The minimum Gasteiger partial charge on any atom is -0.482 e. The Morgan fingerprint density at radius 3 is 2.71 bits per heavy atom. The standard InChI is InChI=1S/C16H25N3O2/c1-11(2)17-8-16-13(5)6-14(21-16)10-20-15-7-18-19(9-15)12(3)4/h6-7,9,11-12,17H,8,10H2,1-5H3. The molecule has 2 aromatic rings. The average Bonchev–Trinajstić information content (AvgIpc) is 3.01. The predicted octanol–water partition coefficient (Wildman–Crippen LogP) is 3.44. The monoisotopic (exact) mass is 291 g/mol. The summed E-state index contributed by atoms with van der Waals surface area (Å²) in [6.45, 7) is 11.6. The van der Waals surface area contributed by atoms with Crippen LogP contribution in [-0.2, 0) is 13.2 Å². The second-order valence-corrected chi connectivity index (χ2v) is 5.89. The lowest BCUT2D eigenvalue weighted by molar-refractivity contribution is 0.264. The number of furan rings is 1. The first kappa shape index (κ1) is 15.6. The van der Waals surface area contributed by atoms with E-state index in [0.717, 1.165) is 29.4 Å². The van der Waals surface area contributed by atoms with Crippen LogP contribution in [0.3, 0.4) is 0 Å². The van der Waals surface area contributed by atoms with Gasteiger partial charge in [-0.25, -0.2) is 0 Å². The second kappa shape index (κ2) is 6.80. The summed E-state index contributed by atoms with van der Waals surface area (Å²) in [7, 11) is 0. The summed E-state index contributed by atoms with van der Waals surface area (Å²) in [6.07, 6.45) is 3.64. The highest BCUT2D eigenvalue weighted by Crippen LogP contribution is 2.18. The Hall–Kier alpha value is -1.75. The van der Waals surface area contributed by atoms with Crippen molar-refractivity contribution < 1.29 is 9.15 Å². The maximum atomic E-state index is 5.83. The van der Waals surface area contributed by atoms with Crippen LogP contribution >= 0.6 is 0 Å². The molecule has 0 aliphatic carbocycles. The Morgan fingerprint density at radius 1 is 1.33 bits per heavy atom. The number of nitrogens with one attached hydrogen (secondary N) is 1. The Morgan fingerprint density at radius 2 is 2.10 bits per heavy atom. The molecule has 0 saturated heterocycles. The van der Waals surface area contributed by atoms with Gasteiger partial charge in [-0.15, -0.1) is 0 Å². The van der Waals surface area contributed by atoms with Crippen molar-refractivity contribution in [3.63, 3.8) is 0 Å². The molecule has 116 valence electrons. The number of aromatic nitrogens is 2. The van der Waals surface area contributed by atoms with Crippen molar-refractivity contribution in [2.45, 2.75) is 59.9 Å². The average molecular weight is 291 g/mol. The predicted molar refractivity (Wildman–Crippen MR) is 82.4 cm³/mol. The minimum atomic E-state index is 0.335. The molecule has 0 unspecified atom stereocenters. The molecule has 21 heavy (non-hydrogen) atoms. The van der Waals surface area contributed by atoms with E-state index < -0.39 is 0 Å². The molecule has 0 amide bonds. The number of nitrogens with zero attached hydrogens (tertiary/aromatic N) is 2. The molecule has 0 atom stereocenters. The largest absolute Gasteiger partial charge is 0.482 e. The van der Waals surface area contributed by atoms with Crippen LogP contribution in [0.2, 0.25) is 0 Å². The number of hydrogen-bond donors (Lipinski definition) is 1. The third kappa shape index (κ3) is 4.36. The summed E-state index contributed by atoms with van der Waals surface area (Å²) >= 11 is 0. The molecule has 5 heteroatoms. The first-order valence-electron chi connectivity index (χ1n) is 7.44. The van der Waals surface area contributed by atoms with E-state index in [4.69, 9.17) is 9.15 Å². The van der Waals surface area contributed by atoms with Crippen LogP contribution in [0.5, 0.6) is 5.75 Å². The van der Waals surface area contributed by atoms with Crippen LogP contribution in [0.15, 0.2) is 22.9 Å². The quantitative estimate of drug-likeness (QED) is 0.849. The van der Waals surface area contributed by atoms with Gasteiger partial charge in [-0.05, 0) is 32.4 Å². The topological polar surface area (TPSA) is 52.2 Å². The summed E-state index contributed by atoms with van der Waals surface area (Å²) in [6, 6.07) is 2.81. The van der Waals surface area contributed by atoms with E-state index in [0.29, 0.717) is 18.7 Å². The van der Waals surface area contributed by atoms with Crippen molar-refractivity contribution in [1.82, 2.24) is 15.1 Å². The molecule has 0 aromatic carbocycles. The molecule has 0 bridgehead atoms. The van der Waals surface area contributed by atoms with Gasteiger partial charge in [0.1, 0.15) is 18.1 Å². The van der Waals surface area contributed by atoms with Crippen LogP contribution in [0, 0.1) is 6.92 Å². The molecule has 2 heterocycles. The summed E-state index contributed by atoms with van der Waals surface area (Å²) in [5.74, 6) is 2.57. The number of ether oxygens (including phenoxy) is 1. The summed E-state index contributed by atoms with van der Waals surface area (Å²) < 4.78 is 13.4. The zero-order valence-electron chi connectivity index (χ0n) is 13.5. The van der Waals surface area contributed by atoms with Crippen LogP contribution in [0.4, 0.5) is 0 Å². The lowest BCUT2D eigenvalue weighted by atomic mass is 10.2. The molecule has 0 fully saturated rings. The zero-order chi connectivity index (χ0) is 15.4. The number of hydrogen-bond acceptors (Lipinski definition) is 4. The maximum Gasteiger partial charge on any atom is 0.157 e. The van der Waals surface area contributed by atoms with Crippen molar-refractivity contribution in [3.05, 3.63) is 35.5 Å². The van der Waals surface area contributed by atoms with Gasteiger partial charge in [-0.3, -0.25) is 4.68 Å². The van der Waals surface area contributed by atoms with Gasteiger partial charge in [-0.1, -0.05) is 13.8 Å². The molecule has 0 radical (unpaired) electrons. The van der Waals surface area contributed by atoms with Gasteiger partial charge in [0.25, 0.3) is 0 Å². The second-order valence-electron chi connectivity index (χ2n) is 5.89. The molecule has 2 rings (SSSR count). The lowest BCUT2D eigenvalue weighted by Crippen LogP contribution is -2.21. The molecule has 5 nitrogen and oxygen atoms in total. The van der Waals surface area contributed by atoms with Crippen molar-refractivity contribution in [1.29, 1.82) is 0 Å². The van der Waals surface area contributed by atoms with Crippen molar-refractivity contribution in [3.8, 4) is 5.75 Å². The smallest absolute Gasteiger partial charge is 0.157 e. The van der Waals surface area contributed by atoms with E-state index in [-0.39, 0.29) is 0 Å². The first-order chi connectivity index (χ1) is 9.95. The SMILES string of the molecule is Cc1cc(COc2cnn(C(C)C)c2)oc1CNC(C)C. The molecule has 0 aliphatic rings. The van der Waals surface area contributed by atoms with Gasteiger partial charge in [0, 0.05) is 12.1 Å². The van der Waals surface area contributed by atoms with Gasteiger partial charge in [0.05, 0.1) is 18.9 Å². The van der Waals surface area contributed by atoms with E-state index in [1.807, 2.05) is 16.9 Å². The van der Waals surface area contributed by atoms with Gasteiger partial charge in [0.15, 0.2) is 5.75 Å². The lowest BCUT2D eigenvalue weighted by Gasteiger charge is -2.06. The Kier molecular flexibility index (Phi) is 5.07.